The van der Waals surface area contributed by atoms with E-state index >= 15 is 0 Å². The fourth-order valence-electron chi connectivity index (χ4n) is 5.43. The number of pyridine rings is 1. The molecule has 1 aromatic heterocycles. The summed E-state index contributed by atoms with van der Waals surface area (Å²) in [6, 6.07) is 6.75. The molecule has 2 aromatic rings. The minimum Gasteiger partial charge on any atom is -0.455 e. The molecule has 11 nitrogen and oxygen atoms in total. The van der Waals surface area contributed by atoms with Gasteiger partial charge in [-0.05, 0) is 62.8 Å². The third-order valence-corrected chi connectivity index (χ3v) is 8.30. The third-order valence-electron chi connectivity index (χ3n) is 8.30. The number of cyclic esters (lactones) is 1. The van der Waals surface area contributed by atoms with Crippen molar-refractivity contribution in [3.05, 3.63) is 47.2 Å². The van der Waals surface area contributed by atoms with Crippen LogP contribution in [0.1, 0.15) is 64.8 Å². The standard InChI is InChI=1S/C30H37N5O6/c1-15(2)24-26(37)31-16(3)27(38)35-12-6-7-22(34-35)28(39)41-17(4)21-11-10-19-9-8-18(14-23(19)32-21)13-20-25(36)30(20,5)29(40)33-24/h8-11,13-17,22,24-25,34,36H,6-7,12H2,1-5H3,(H,31,37)(H,33,40)/b20-13-/t16-,17+,22-,24-,25?,30-/m0/s1. The summed E-state index contributed by atoms with van der Waals surface area (Å²) in [4.78, 5) is 57.6. The van der Waals surface area contributed by atoms with E-state index < -0.39 is 59.4 Å². The summed E-state index contributed by atoms with van der Waals surface area (Å²) in [7, 11) is 0. The quantitative estimate of drug-likeness (QED) is 0.384. The minimum absolute atomic E-state index is 0.287. The molecule has 1 unspecified atom stereocenters. The molecule has 11 heteroatoms. The predicted octanol–water partition coefficient (Wildman–Crippen LogP) is 1.76. The molecule has 3 amide bonds. The van der Waals surface area contributed by atoms with Crippen molar-refractivity contribution >= 4 is 40.7 Å². The van der Waals surface area contributed by atoms with Gasteiger partial charge in [-0.2, -0.15) is 0 Å². The first-order valence-electron chi connectivity index (χ1n) is 14.1. The van der Waals surface area contributed by atoms with Crippen molar-refractivity contribution in [1.82, 2.24) is 26.1 Å². The SMILES string of the molecule is CC(C)[C@@H]1NC(=O)[C@@]2(C)/C(=C\c3ccc4ccc(nc4c3)[C@@H](C)OC(=O)[C@@H]3CCCN(N3)C(=O)[C@H](C)NC1=O)C2O. The highest BCUT2D eigenvalue weighted by Gasteiger charge is 2.61. The predicted molar refractivity (Wildman–Crippen MR) is 151 cm³/mol. The summed E-state index contributed by atoms with van der Waals surface area (Å²) in [5.41, 5.74) is 4.27. The smallest absolute Gasteiger partial charge is 0.325 e. The molecule has 5 bridgehead atoms. The molecule has 218 valence electrons. The zero-order valence-corrected chi connectivity index (χ0v) is 23.9. The molecular weight excluding hydrogens is 526 g/mol. The highest BCUT2D eigenvalue weighted by atomic mass is 16.5. The summed E-state index contributed by atoms with van der Waals surface area (Å²) in [6.07, 6.45) is 1.18. The van der Waals surface area contributed by atoms with Gasteiger partial charge in [-0.25, -0.2) is 10.4 Å². The molecule has 0 radical (unpaired) electrons. The van der Waals surface area contributed by atoms with Crippen LogP contribution >= 0.6 is 0 Å². The Morgan fingerprint density at radius 2 is 1.83 bits per heavy atom. The molecule has 41 heavy (non-hydrogen) atoms. The second kappa shape index (κ2) is 10.9. The number of nitrogens with zero attached hydrogens (tertiary/aromatic N) is 2. The van der Waals surface area contributed by atoms with Crippen LogP contribution in [0.4, 0.5) is 0 Å². The van der Waals surface area contributed by atoms with Crippen molar-refractivity contribution < 1.29 is 29.0 Å². The number of rotatable bonds is 1. The number of aliphatic hydroxyl groups is 1. The number of hydrogen-bond donors (Lipinski definition) is 4. The number of esters is 1. The number of benzene rings is 1. The summed E-state index contributed by atoms with van der Waals surface area (Å²) < 4.78 is 5.74. The highest BCUT2D eigenvalue weighted by molar-refractivity contribution is 5.99. The first-order chi connectivity index (χ1) is 19.4. The maximum absolute atomic E-state index is 13.4. The largest absolute Gasteiger partial charge is 0.455 e. The van der Waals surface area contributed by atoms with Crippen molar-refractivity contribution in [2.75, 3.05) is 6.54 Å². The van der Waals surface area contributed by atoms with Gasteiger partial charge in [0, 0.05) is 11.9 Å². The Labute approximate surface area is 238 Å². The van der Waals surface area contributed by atoms with Gasteiger partial charge in [-0.15, -0.1) is 0 Å². The van der Waals surface area contributed by atoms with Crippen LogP contribution in [0.25, 0.3) is 17.0 Å². The number of fused-ring (bicyclic) bond motifs is 5. The van der Waals surface area contributed by atoms with Crippen LogP contribution in [-0.2, 0) is 23.9 Å². The van der Waals surface area contributed by atoms with Crippen LogP contribution in [0.15, 0.2) is 35.9 Å². The van der Waals surface area contributed by atoms with Crippen LogP contribution in [-0.4, -0.2) is 69.6 Å². The number of carbonyl (C=O) groups is 4. The van der Waals surface area contributed by atoms with Crippen molar-refractivity contribution in [2.24, 2.45) is 11.3 Å². The lowest BCUT2D eigenvalue weighted by molar-refractivity contribution is -0.157. The zero-order valence-electron chi connectivity index (χ0n) is 23.9. The molecule has 2 fully saturated rings. The number of hydrogen-bond acceptors (Lipinski definition) is 8. The topological polar surface area (TPSA) is 150 Å². The number of aromatic nitrogens is 1. The second-order valence-corrected chi connectivity index (χ2v) is 11.7. The van der Waals surface area contributed by atoms with E-state index in [0.717, 1.165) is 10.9 Å². The first-order valence-corrected chi connectivity index (χ1v) is 14.1. The van der Waals surface area contributed by atoms with Crippen LogP contribution in [0, 0.1) is 11.3 Å². The fourth-order valence-corrected chi connectivity index (χ4v) is 5.43. The van der Waals surface area contributed by atoms with Gasteiger partial charge in [-0.3, -0.25) is 24.2 Å². The number of ether oxygens (including phenoxy) is 1. The maximum atomic E-state index is 13.4. The summed E-state index contributed by atoms with van der Waals surface area (Å²) in [5.74, 6) is -2.18. The molecule has 4 N–H and O–H groups in total. The van der Waals surface area contributed by atoms with Crippen LogP contribution < -0.4 is 16.1 Å². The third kappa shape index (κ3) is 5.43. The number of hydrazine groups is 1. The van der Waals surface area contributed by atoms with E-state index in [1.165, 1.54) is 5.01 Å². The van der Waals surface area contributed by atoms with Crippen molar-refractivity contribution in [3.63, 3.8) is 0 Å². The van der Waals surface area contributed by atoms with Crippen molar-refractivity contribution in [2.45, 2.75) is 77.8 Å². The Morgan fingerprint density at radius 1 is 1.10 bits per heavy atom. The Bertz CT molecular complexity index is 1440. The van der Waals surface area contributed by atoms with E-state index in [1.54, 1.807) is 46.8 Å². The average Bonchev–Trinajstić information content (AvgIpc) is 3.48. The van der Waals surface area contributed by atoms with E-state index in [2.05, 4.69) is 16.1 Å². The lowest BCUT2D eigenvalue weighted by atomic mass is 10.00. The van der Waals surface area contributed by atoms with Crippen LogP contribution in [0.2, 0.25) is 0 Å². The van der Waals surface area contributed by atoms with E-state index in [4.69, 9.17) is 9.72 Å². The summed E-state index contributed by atoms with van der Waals surface area (Å²) in [5, 5.41) is 18.5. The molecule has 1 aromatic carbocycles. The van der Waals surface area contributed by atoms with Gasteiger partial charge in [0.1, 0.15) is 24.2 Å². The van der Waals surface area contributed by atoms with E-state index in [9.17, 15) is 24.3 Å². The van der Waals surface area contributed by atoms with Gasteiger partial charge in [0.05, 0.1) is 22.7 Å². The van der Waals surface area contributed by atoms with Crippen LogP contribution in [0.3, 0.4) is 0 Å². The molecule has 3 heterocycles. The van der Waals surface area contributed by atoms with Gasteiger partial charge in [0.15, 0.2) is 0 Å². The maximum Gasteiger partial charge on any atom is 0.325 e. The van der Waals surface area contributed by atoms with Crippen molar-refractivity contribution in [3.8, 4) is 0 Å². The fraction of sp³-hybridized carbons (Fsp3) is 0.500. The van der Waals surface area contributed by atoms with Gasteiger partial charge < -0.3 is 20.5 Å². The van der Waals surface area contributed by atoms with E-state index in [0.29, 0.717) is 36.2 Å². The normalized spacial score (nSPS) is 32.5. The number of aliphatic hydroxyl groups excluding tert-OH is 1. The van der Waals surface area contributed by atoms with Gasteiger partial charge >= 0.3 is 5.97 Å². The Balaban J connectivity index is 1.52. The van der Waals surface area contributed by atoms with E-state index in [1.807, 2.05) is 24.3 Å². The lowest BCUT2D eigenvalue weighted by Crippen LogP contribution is -2.61. The lowest BCUT2D eigenvalue weighted by Gasteiger charge is -2.35. The zero-order chi connectivity index (χ0) is 29.6. The minimum atomic E-state index is -1.20. The van der Waals surface area contributed by atoms with Crippen LogP contribution in [0.5, 0.6) is 0 Å². The summed E-state index contributed by atoms with van der Waals surface area (Å²) >= 11 is 0. The number of carbonyl (C=O) groups excluding carboxylic acids is 4. The molecule has 1 saturated heterocycles. The first kappa shape index (κ1) is 28.7. The molecule has 5 rings (SSSR count). The summed E-state index contributed by atoms with van der Waals surface area (Å²) in [6.45, 7) is 8.89. The van der Waals surface area contributed by atoms with Gasteiger partial charge in [-0.1, -0.05) is 38.1 Å². The van der Waals surface area contributed by atoms with Crippen molar-refractivity contribution in [1.29, 1.82) is 0 Å². The van der Waals surface area contributed by atoms with Gasteiger partial charge in [0.2, 0.25) is 11.8 Å². The molecule has 2 aliphatic heterocycles. The highest BCUT2D eigenvalue weighted by Crippen LogP contribution is 2.53. The number of amides is 3. The second-order valence-electron chi connectivity index (χ2n) is 11.7. The molecule has 3 aliphatic rings. The molecular formula is C30H37N5O6. The Morgan fingerprint density at radius 3 is 2.56 bits per heavy atom. The molecule has 6 atom stereocenters. The molecule has 0 spiro atoms. The Kier molecular flexibility index (Phi) is 7.60. The molecule has 1 aliphatic carbocycles. The molecule has 1 saturated carbocycles. The van der Waals surface area contributed by atoms with Gasteiger partial charge in [0.25, 0.3) is 5.91 Å². The number of nitrogens with one attached hydrogen (secondary N) is 3. The Hall–Kier alpha value is -3.83. The average molecular weight is 564 g/mol. The monoisotopic (exact) mass is 563 g/mol. The van der Waals surface area contributed by atoms with E-state index in [-0.39, 0.29) is 5.92 Å².